The summed E-state index contributed by atoms with van der Waals surface area (Å²) in [5.41, 5.74) is 14.5. The first-order valence-corrected chi connectivity index (χ1v) is 31.7. The molecule has 6 heterocycles. The first kappa shape index (κ1) is 64.9. The third-order valence-electron chi connectivity index (χ3n) is 17.2. The predicted octanol–water partition coefficient (Wildman–Crippen LogP) is 11.0. The van der Waals surface area contributed by atoms with Crippen molar-refractivity contribution < 1.29 is 42.5 Å². The lowest BCUT2D eigenvalue weighted by molar-refractivity contribution is -0.122. The quantitative estimate of drug-likeness (QED) is 0.0579. The minimum Gasteiger partial charge on any atom is -0.493 e. The highest BCUT2D eigenvalue weighted by Gasteiger charge is 2.50. The van der Waals surface area contributed by atoms with Crippen molar-refractivity contribution in [1.29, 1.82) is 0 Å². The van der Waals surface area contributed by atoms with Gasteiger partial charge in [-0.05, 0) is 121 Å². The van der Waals surface area contributed by atoms with E-state index in [0.29, 0.717) is 131 Å². The summed E-state index contributed by atoms with van der Waals surface area (Å²) in [6.45, 7) is 19.2. The molecule has 3 atom stereocenters. The second-order valence-corrected chi connectivity index (χ2v) is 25.2. The van der Waals surface area contributed by atoms with Gasteiger partial charge in [-0.15, -0.1) is 0 Å². The average molecular weight is 1260 g/mol. The van der Waals surface area contributed by atoms with E-state index in [2.05, 4.69) is 72.1 Å². The molecule has 3 N–H and O–H groups in total. The number of benzene rings is 4. The lowest BCUT2D eigenvalue weighted by atomic mass is 9.74. The van der Waals surface area contributed by atoms with Crippen LogP contribution in [0.1, 0.15) is 110 Å². The van der Waals surface area contributed by atoms with Crippen molar-refractivity contribution in [2.75, 3.05) is 123 Å². The molecule has 0 radical (unpaired) electrons. The summed E-state index contributed by atoms with van der Waals surface area (Å²) in [4.78, 5) is 56.6. The van der Waals surface area contributed by atoms with Gasteiger partial charge >= 0.3 is 6.03 Å². The number of hydrogen-bond donors (Lipinski definition) is 2. The number of aromatic nitrogens is 3. The van der Waals surface area contributed by atoms with E-state index in [4.69, 9.17) is 57.7 Å². The van der Waals surface area contributed by atoms with E-state index in [0.717, 1.165) is 69.9 Å². The van der Waals surface area contributed by atoms with Crippen molar-refractivity contribution in [3.8, 4) is 16.9 Å². The zero-order chi connectivity index (χ0) is 62.8. The minimum absolute atomic E-state index is 0.0732. The predicted molar refractivity (Wildman–Crippen MR) is 345 cm³/mol. The van der Waals surface area contributed by atoms with Crippen LogP contribution in [0.5, 0.6) is 5.75 Å². The smallest absolute Gasteiger partial charge is 0.325 e. The highest BCUT2D eigenvalue weighted by molar-refractivity contribution is 6.30. The Morgan fingerprint density at radius 3 is 2.15 bits per heavy atom. The normalized spacial score (nSPS) is 18.7. The van der Waals surface area contributed by atoms with Crippen molar-refractivity contribution in [2.45, 2.75) is 89.9 Å². The highest BCUT2D eigenvalue weighted by atomic mass is 35.5. The molecule has 0 saturated carbocycles. The third-order valence-corrected chi connectivity index (χ3v) is 17.7. The maximum Gasteiger partial charge on any atom is 0.325 e. The van der Waals surface area contributed by atoms with Crippen molar-refractivity contribution >= 4 is 58.2 Å². The Kier molecular flexibility index (Phi) is 21.3. The number of nitrogens with one attached hydrogen (secondary N) is 1. The van der Waals surface area contributed by atoms with Gasteiger partial charge in [-0.2, -0.15) is 5.10 Å². The van der Waals surface area contributed by atoms with Crippen LogP contribution in [-0.2, 0) is 47.7 Å². The zero-order valence-corrected chi connectivity index (χ0v) is 53.5. The summed E-state index contributed by atoms with van der Waals surface area (Å²) in [7, 11) is 1.72. The topological polar surface area (TPSA) is 182 Å². The molecule has 4 aliphatic rings. The number of anilines is 2. The van der Waals surface area contributed by atoms with Crippen LogP contribution in [0, 0.1) is 5.82 Å². The molecule has 2 aromatic heterocycles. The Hall–Kier alpha value is -7.10. The Labute approximate surface area is 531 Å². The number of rotatable bonds is 23. The Morgan fingerprint density at radius 1 is 0.798 bits per heavy atom. The van der Waals surface area contributed by atoms with Crippen LogP contribution in [0.3, 0.4) is 0 Å². The van der Waals surface area contributed by atoms with E-state index in [1.807, 2.05) is 77.5 Å². The van der Waals surface area contributed by atoms with Crippen LogP contribution in [0.15, 0.2) is 109 Å². The standard InChI is InChI=1S/C68H83Cl2FN10O8/c1-7-89-61-40-49(67(2,3)4)14-20-54(61)60-42-68(5,48-12-17-51(70)18-13-48)63(46-10-15-50(69)16-11-46)81(60)66(84)78-28-26-77(27-29-78)30-32-86-34-36-88-38-37-87-35-33-85-31-22-62(82)73-23-25-79-44-56-47-39-59(64(72)74-43-47)80-24-8-9-58(80)55-41-52(71)19-21-53(55)65(83)76(6)45-57(56)75-79/h10-21,39-44,58,63H,7-9,22-38,45H2,1-6H3,(H2,72,74)(H,73,82)/t58-,63-,68+/m1/s1. The number of urea groups is 1. The summed E-state index contributed by atoms with van der Waals surface area (Å²) < 4.78 is 45.9. The average Bonchev–Trinajstić information content (AvgIpc) is 1.65. The van der Waals surface area contributed by atoms with Gasteiger partial charge in [0.15, 0.2) is 0 Å². The molecule has 0 spiro atoms. The monoisotopic (exact) mass is 1260 g/mol. The van der Waals surface area contributed by atoms with E-state index in [1.165, 1.54) is 12.1 Å². The fraction of sp³-hybridized carbons (Fsp3) is 0.456. The van der Waals surface area contributed by atoms with Gasteiger partial charge in [0, 0.05) is 109 Å². The number of nitrogens with two attached hydrogens (primary N) is 1. The zero-order valence-electron chi connectivity index (χ0n) is 52.0. The number of piperazine rings is 1. The maximum atomic E-state index is 15.3. The number of halogens is 3. The Morgan fingerprint density at radius 2 is 1.46 bits per heavy atom. The van der Waals surface area contributed by atoms with Gasteiger partial charge in [0.2, 0.25) is 5.91 Å². The largest absolute Gasteiger partial charge is 0.493 e. The number of pyridine rings is 1. The molecule has 21 heteroatoms. The number of carbonyl (C=O) groups is 3. The fourth-order valence-corrected chi connectivity index (χ4v) is 12.7. The molecule has 18 nitrogen and oxygen atoms in total. The lowest BCUT2D eigenvalue weighted by Crippen LogP contribution is -2.53. The summed E-state index contributed by atoms with van der Waals surface area (Å²) in [6, 6.07) is 27.7. The minimum atomic E-state index is -0.658. The van der Waals surface area contributed by atoms with E-state index in [9.17, 15) is 14.0 Å². The molecule has 2 bridgehead atoms. The first-order valence-electron chi connectivity index (χ1n) is 30.9. The molecular formula is C68H83Cl2FN10O8. The van der Waals surface area contributed by atoms with Crippen molar-refractivity contribution in [3.05, 3.63) is 164 Å². The molecular weight excluding hydrogens is 1170 g/mol. The number of amides is 4. The lowest BCUT2D eigenvalue weighted by Gasteiger charge is -2.42. The summed E-state index contributed by atoms with van der Waals surface area (Å²) in [5, 5.41) is 9.05. The van der Waals surface area contributed by atoms with Crippen molar-refractivity contribution in [2.24, 2.45) is 0 Å². The highest BCUT2D eigenvalue weighted by Crippen LogP contribution is 2.54. The van der Waals surface area contributed by atoms with Crippen LogP contribution in [0.2, 0.25) is 10.0 Å². The molecule has 0 aliphatic carbocycles. The maximum absolute atomic E-state index is 15.3. The molecule has 4 aliphatic heterocycles. The fourth-order valence-electron chi connectivity index (χ4n) is 12.4. The second-order valence-electron chi connectivity index (χ2n) is 24.3. The van der Waals surface area contributed by atoms with Crippen LogP contribution in [0.4, 0.5) is 20.7 Å². The van der Waals surface area contributed by atoms with Crippen molar-refractivity contribution in [1.82, 2.24) is 39.7 Å². The summed E-state index contributed by atoms with van der Waals surface area (Å²) in [6.07, 6.45) is 7.62. The number of nitrogens with zero attached hydrogens (tertiary/aromatic N) is 8. The van der Waals surface area contributed by atoms with E-state index < -0.39 is 17.3 Å². The number of ether oxygens (including phenoxy) is 5. The Bertz CT molecular complexity index is 3460. The summed E-state index contributed by atoms with van der Waals surface area (Å²) >= 11 is 12.9. The van der Waals surface area contributed by atoms with Crippen LogP contribution in [0.25, 0.3) is 16.8 Å². The molecule has 10 rings (SSSR count). The third kappa shape index (κ3) is 15.4. The second kappa shape index (κ2) is 29.2. The van der Waals surface area contributed by atoms with Gasteiger partial charge in [0.1, 0.15) is 17.4 Å². The van der Waals surface area contributed by atoms with Crippen LogP contribution in [-0.4, -0.2) is 165 Å². The SMILES string of the molecule is CCOc1cc(C(C)(C)C)ccc1C1=C[C@@](C)(c2ccc(Cl)cc2)[C@@H](c2ccc(Cl)cc2)N1C(=O)N1CCN(CCOCCOCCOCCOCCC(=O)NCCn2cc3c(n2)CN(C)C(=O)c2ccc(F)cc2[C@H]2CCCN2c2cc-3cnc2N)CC1. The number of fused-ring (bicyclic) bond motifs is 8. The number of hydrogen-bond acceptors (Lipinski definition) is 13. The van der Waals surface area contributed by atoms with E-state index in [-0.39, 0.29) is 48.9 Å². The van der Waals surface area contributed by atoms with Gasteiger partial charge in [-0.1, -0.05) is 74.3 Å². The van der Waals surface area contributed by atoms with Gasteiger partial charge in [-0.3, -0.25) is 24.1 Å². The first-order chi connectivity index (χ1) is 42.9. The van der Waals surface area contributed by atoms with Crippen molar-refractivity contribution in [3.63, 3.8) is 0 Å². The van der Waals surface area contributed by atoms with E-state index >= 15 is 4.79 Å². The van der Waals surface area contributed by atoms with Crippen LogP contribution >= 0.6 is 23.2 Å². The molecule has 474 valence electrons. The van der Waals surface area contributed by atoms with Gasteiger partial charge in [0.05, 0.1) is 102 Å². The molecule has 0 unspecified atom stereocenters. The number of nitrogen functional groups attached to an aromatic ring is 1. The van der Waals surface area contributed by atoms with Gasteiger partial charge in [-0.25, -0.2) is 14.2 Å². The molecule has 6 aromatic rings. The number of carbonyl (C=O) groups excluding carboxylic acids is 3. The van der Waals surface area contributed by atoms with Gasteiger partial charge < -0.3 is 49.4 Å². The van der Waals surface area contributed by atoms with Gasteiger partial charge in [0.25, 0.3) is 5.91 Å². The molecule has 4 amide bonds. The van der Waals surface area contributed by atoms with Crippen LogP contribution < -0.4 is 20.7 Å². The molecule has 4 aromatic carbocycles. The van der Waals surface area contributed by atoms with E-state index in [1.54, 1.807) is 28.9 Å². The molecule has 2 saturated heterocycles. The molecule has 2 fully saturated rings. The summed E-state index contributed by atoms with van der Waals surface area (Å²) in [5.74, 6) is 0.312. The Balaban J connectivity index is 0.621. The molecule has 89 heavy (non-hydrogen) atoms.